The average Bonchev–Trinajstić information content (AvgIpc) is 3.05. The number of fused-ring (bicyclic) bond motifs is 1. The highest BCUT2D eigenvalue weighted by atomic mass is 32.2. The summed E-state index contributed by atoms with van der Waals surface area (Å²) in [6.07, 6.45) is 1.13. The molecule has 0 bridgehead atoms. The first-order valence-electron chi connectivity index (χ1n) is 8.37. The molecule has 0 aliphatic carbocycles. The largest absolute Gasteiger partial charge is 0.393 e. The first kappa shape index (κ1) is 18.6. The van der Waals surface area contributed by atoms with Crippen LogP contribution in [0.1, 0.15) is 24.8 Å². The molecule has 0 aliphatic rings. The minimum absolute atomic E-state index is 0.0480. The second kappa shape index (κ2) is 7.57. The van der Waals surface area contributed by atoms with Crippen molar-refractivity contribution in [2.24, 2.45) is 0 Å². The Bertz CT molecular complexity index is 984. The molecule has 0 fully saturated rings. The number of aromatic amines is 1. The zero-order valence-corrected chi connectivity index (χ0v) is 15.1. The lowest BCUT2D eigenvalue weighted by Gasteiger charge is -2.19. The van der Waals surface area contributed by atoms with Crippen LogP contribution in [0, 0.1) is 5.82 Å². The van der Waals surface area contributed by atoms with E-state index in [-0.39, 0.29) is 22.7 Å². The summed E-state index contributed by atoms with van der Waals surface area (Å²) in [5.41, 5.74) is 1.36. The van der Waals surface area contributed by atoms with E-state index in [4.69, 9.17) is 0 Å². The minimum atomic E-state index is -3.91. The number of hydrogen-bond donors (Lipinski definition) is 3. The first-order chi connectivity index (χ1) is 12.4. The molecule has 3 rings (SSSR count). The molecule has 0 saturated heterocycles. The highest BCUT2D eigenvalue weighted by molar-refractivity contribution is 7.89. The molecule has 0 saturated carbocycles. The summed E-state index contributed by atoms with van der Waals surface area (Å²) in [4.78, 5) is 2.67. The van der Waals surface area contributed by atoms with Gasteiger partial charge in [0.05, 0.1) is 11.5 Å². The lowest BCUT2D eigenvalue weighted by atomic mass is 9.94. The Morgan fingerprint density at radius 3 is 2.58 bits per heavy atom. The van der Waals surface area contributed by atoms with Gasteiger partial charge >= 0.3 is 0 Å². The fourth-order valence-electron chi connectivity index (χ4n) is 3.08. The third-order valence-corrected chi connectivity index (χ3v) is 5.77. The van der Waals surface area contributed by atoms with Crippen molar-refractivity contribution in [2.45, 2.75) is 30.3 Å². The maximum absolute atomic E-state index is 14.1. The number of H-pyrrole nitrogens is 1. The standard InChI is InChI=1S/C19H21FN2O3S/c1-13(23)10-15(14-6-3-2-4-7-14)11-22-26(24,25)18-12-21-17-9-5-8-16(20)19(17)18/h2-9,12-13,15,21-23H,10-11H2,1H3. The van der Waals surface area contributed by atoms with Crippen molar-refractivity contribution >= 4 is 20.9 Å². The van der Waals surface area contributed by atoms with Crippen LogP contribution in [0.4, 0.5) is 4.39 Å². The van der Waals surface area contributed by atoms with Crippen molar-refractivity contribution in [3.63, 3.8) is 0 Å². The van der Waals surface area contributed by atoms with Crippen LogP contribution in [0.2, 0.25) is 0 Å². The Kier molecular flexibility index (Phi) is 5.41. The number of aliphatic hydroxyl groups is 1. The average molecular weight is 376 g/mol. The fourth-order valence-corrected chi connectivity index (χ4v) is 4.35. The van der Waals surface area contributed by atoms with Crippen LogP contribution in [-0.2, 0) is 10.0 Å². The van der Waals surface area contributed by atoms with Gasteiger partial charge in [-0.25, -0.2) is 17.5 Å². The minimum Gasteiger partial charge on any atom is -0.393 e. The van der Waals surface area contributed by atoms with Gasteiger partial charge in [-0.3, -0.25) is 0 Å². The van der Waals surface area contributed by atoms with Crippen LogP contribution in [0.3, 0.4) is 0 Å². The molecular weight excluding hydrogens is 355 g/mol. The lowest BCUT2D eigenvalue weighted by Crippen LogP contribution is -2.29. The number of halogens is 1. The molecule has 2 aromatic carbocycles. The van der Waals surface area contributed by atoms with E-state index < -0.39 is 21.9 Å². The van der Waals surface area contributed by atoms with Gasteiger partial charge in [-0.05, 0) is 37.0 Å². The van der Waals surface area contributed by atoms with Gasteiger partial charge < -0.3 is 10.1 Å². The third-order valence-electron chi connectivity index (χ3n) is 4.32. The quantitative estimate of drug-likeness (QED) is 0.592. The first-order valence-corrected chi connectivity index (χ1v) is 9.85. The van der Waals surface area contributed by atoms with Gasteiger partial charge in [-0.1, -0.05) is 36.4 Å². The number of benzene rings is 2. The zero-order valence-electron chi connectivity index (χ0n) is 14.3. The Hall–Kier alpha value is -2.22. The Morgan fingerprint density at radius 2 is 1.88 bits per heavy atom. The van der Waals surface area contributed by atoms with Crippen LogP contribution in [-0.4, -0.2) is 31.2 Å². The molecule has 7 heteroatoms. The van der Waals surface area contributed by atoms with Crippen LogP contribution in [0.25, 0.3) is 10.9 Å². The van der Waals surface area contributed by atoms with E-state index in [1.165, 1.54) is 18.3 Å². The smallest absolute Gasteiger partial charge is 0.242 e. The van der Waals surface area contributed by atoms with E-state index in [9.17, 15) is 17.9 Å². The molecule has 0 amide bonds. The van der Waals surface area contributed by atoms with E-state index >= 15 is 0 Å². The predicted molar refractivity (Wildman–Crippen MR) is 98.9 cm³/mol. The Balaban J connectivity index is 1.86. The van der Waals surface area contributed by atoms with E-state index in [2.05, 4.69) is 9.71 Å². The molecule has 5 nitrogen and oxygen atoms in total. The van der Waals surface area contributed by atoms with E-state index in [0.29, 0.717) is 11.9 Å². The number of aliphatic hydroxyl groups excluding tert-OH is 1. The molecule has 0 spiro atoms. The van der Waals surface area contributed by atoms with Gasteiger partial charge in [0.1, 0.15) is 10.7 Å². The second-order valence-electron chi connectivity index (χ2n) is 6.36. The molecule has 26 heavy (non-hydrogen) atoms. The van der Waals surface area contributed by atoms with Crippen molar-refractivity contribution < 1.29 is 17.9 Å². The molecule has 138 valence electrons. The van der Waals surface area contributed by atoms with E-state index in [1.54, 1.807) is 13.0 Å². The molecule has 1 aromatic heterocycles. The number of nitrogens with one attached hydrogen (secondary N) is 2. The van der Waals surface area contributed by atoms with Crippen LogP contribution >= 0.6 is 0 Å². The number of sulfonamides is 1. The maximum atomic E-state index is 14.1. The van der Waals surface area contributed by atoms with Crippen molar-refractivity contribution in [2.75, 3.05) is 6.54 Å². The lowest BCUT2D eigenvalue weighted by molar-refractivity contribution is 0.174. The van der Waals surface area contributed by atoms with Gasteiger partial charge in [0, 0.05) is 18.3 Å². The highest BCUT2D eigenvalue weighted by Gasteiger charge is 2.23. The molecule has 2 unspecified atom stereocenters. The summed E-state index contributed by atoms with van der Waals surface area (Å²) in [6.45, 7) is 1.78. The maximum Gasteiger partial charge on any atom is 0.242 e. The predicted octanol–water partition coefficient (Wildman–Crippen LogP) is 3.14. The number of rotatable bonds is 7. The van der Waals surface area contributed by atoms with Crippen molar-refractivity contribution in [3.05, 3.63) is 66.1 Å². The monoisotopic (exact) mass is 376 g/mol. The molecule has 0 radical (unpaired) electrons. The number of hydrogen-bond acceptors (Lipinski definition) is 3. The SMILES string of the molecule is CC(O)CC(CNS(=O)(=O)c1c[nH]c2cccc(F)c12)c1ccccc1. The Morgan fingerprint density at radius 1 is 1.15 bits per heavy atom. The fraction of sp³-hybridized carbons (Fsp3) is 0.263. The van der Waals surface area contributed by atoms with E-state index in [1.807, 2.05) is 30.3 Å². The van der Waals surface area contributed by atoms with Gasteiger partial charge in [0.25, 0.3) is 0 Å². The van der Waals surface area contributed by atoms with Crippen LogP contribution in [0.5, 0.6) is 0 Å². The van der Waals surface area contributed by atoms with Gasteiger partial charge in [0.2, 0.25) is 10.0 Å². The number of aromatic nitrogens is 1. The summed E-state index contributed by atoms with van der Waals surface area (Å²) >= 11 is 0. The van der Waals surface area contributed by atoms with E-state index in [0.717, 1.165) is 5.56 Å². The van der Waals surface area contributed by atoms with Gasteiger partial charge in [-0.2, -0.15) is 0 Å². The summed E-state index contributed by atoms with van der Waals surface area (Å²) < 4.78 is 42.1. The van der Waals surface area contributed by atoms with Crippen molar-refractivity contribution in [3.8, 4) is 0 Å². The highest BCUT2D eigenvalue weighted by Crippen LogP contribution is 2.26. The normalized spacial score (nSPS) is 14.4. The van der Waals surface area contributed by atoms with Crippen molar-refractivity contribution in [1.82, 2.24) is 9.71 Å². The zero-order chi connectivity index (χ0) is 18.7. The molecular formula is C19H21FN2O3S. The van der Waals surface area contributed by atoms with Gasteiger partial charge in [0.15, 0.2) is 0 Å². The summed E-state index contributed by atoms with van der Waals surface area (Å²) in [5, 5.41) is 9.79. The van der Waals surface area contributed by atoms with Gasteiger partial charge in [-0.15, -0.1) is 0 Å². The third kappa shape index (κ3) is 3.95. The summed E-state index contributed by atoms with van der Waals surface area (Å²) in [6, 6.07) is 13.8. The topological polar surface area (TPSA) is 82.2 Å². The van der Waals surface area contributed by atoms with Crippen molar-refractivity contribution in [1.29, 1.82) is 0 Å². The summed E-state index contributed by atoms with van der Waals surface area (Å²) in [5.74, 6) is -0.784. The van der Waals surface area contributed by atoms with Crippen LogP contribution in [0.15, 0.2) is 59.6 Å². The summed E-state index contributed by atoms with van der Waals surface area (Å²) in [7, 11) is -3.91. The molecule has 0 aliphatic heterocycles. The van der Waals surface area contributed by atoms with Crippen LogP contribution < -0.4 is 4.72 Å². The molecule has 1 heterocycles. The molecule has 3 N–H and O–H groups in total. The Labute approximate surface area is 151 Å². The molecule has 3 aromatic rings. The second-order valence-corrected chi connectivity index (χ2v) is 8.09. The molecule has 2 atom stereocenters.